The van der Waals surface area contributed by atoms with Crippen molar-refractivity contribution in [2.24, 2.45) is 0 Å². The van der Waals surface area contributed by atoms with Gasteiger partial charge in [0.2, 0.25) is 0 Å². The molecule has 0 spiro atoms. The summed E-state index contributed by atoms with van der Waals surface area (Å²) < 4.78 is 0. The van der Waals surface area contributed by atoms with Gasteiger partial charge in [0, 0.05) is 6.54 Å². The van der Waals surface area contributed by atoms with E-state index in [1.54, 1.807) is 12.1 Å². The number of phenols is 1. The van der Waals surface area contributed by atoms with Gasteiger partial charge in [-0.2, -0.15) is 0 Å². The Balaban J connectivity index is 2.13. The highest BCUT2D eigenvalue weighted by Crippen LogP contribution is 2.28. The third-order valence-corrected chi connectivity index (χ3v) is 2.86. The van der Waals surface area contributed by atoms with E-state index >= 15 is 0 Å². The summed E-state index contributed by atoms with van der Waals surface area (Å²) in [6, 6.07) is 10.0. The average molecular weight is 288 g/mol. The predicted octanol–water partition coefficient (Wildman–Crippen LogP) is 2.61. The van der Waals surface area contributed by atoms with Crippen LogP contribution in [0.15, 0.2) is 42.5 Å². The fourth-order valence-corrected chi connectivity index (χ4v) is 1.78. The lowest BCUT2D eigenvalue weighted by atomic mass is 10.1. The number of carbonyl (C=O) groups is 1. The van der Waals surface area contributed by atoms with E-state index in [1.165, 1.54) is 24.3 Å². The van der Waals surface area contributed by atoms with Crippen molar-refractivity contribution in [3.05, 3.63) is 63.7 Å². The first-order valence-electron chi connectivity index (χ1n) is 6.01. The molecule has 0 amide bonds. The molecular weight excluding hydrogens is 276 g/mol. The number of carboxylic acid groups (broad SMARTS) is 1. The Hall–Kier alpha value is -3.09. The van der Waals surface area contributed by atoms with E-state index in [0.29, 0.717) is 6.54 Å². The van der Waals surface area contributed by atoms with Crippen LogP contribution in [0.2, 0.25) is 0 Å². The number of rotatable bonds is 5. The maximum absolute atomic E-state index is 10.9. The van der Waals surface area contributed by atoms with E-state index in [4.69, 9.17) is 5.11 Å². The summed E-state index contributed by atoms with van der Waals surface area (Å²) in [5, 5.41) is 31.8. The number of nitro groups is 1. The summed E-state index contributed by atoms with van der Waals surface area (Å²) in [6.45, 7) is 0.297. The van der Waals surface area contributed by atoms with Crippen molar-refractivity contribution in [1.82, 2.24) is 0 Å². The predicted molar refractivity (Wildman–Crippen MR) is 75.5 cm³/mol. The SMILES string of the molecule is O=C(O)c1ccc(CNc2ccc(O)cc2[N+](=O)[O-])cc1. The first kappa shape index (κ1) is 14.3. The molecule has 0 unspecified atom stereocenters. The van der Waals surface area contributed by atoms with Crippen molar-refractivity contribution >= 4 is 17.3 Å². The molecule has 0 aliphatic heterocycles. The minimum atomic E-state index is -1.01. The summed E-state index contributed by atoms with van der Waals surface area (Å²) in [4.78, 5) is 21.0. The normalized spacial score (nSPS) is 10.1. The Labute approximate surface area is 119 Å². The second-order valence-corrected chi connectivity index (χ2v) is 4.31. The van der Waals surface area contributed by atoms with Gasteiger partial charge in [0.15, 0.2) is 0 Å². The van der Waals surface area contributed by atoms with Gasteiger partial charge in [-0.1, -0.05) is 12.1 Å². The molecule has 0 aromatic heterocycles. The van der Waals surface area contributed by atoms with E-state index in [-0.39, 0.29) is 22.7 Å². The van der Waals surface area contributed by atoms with Gasteiger partial charge in [-0.15, -0.1) is 0 Å². The number of aromatic carboxylic acids is 1. The number of hydrogen-bond acceptors (Lipinski definition) is 5. The molecule has 0 heterocycles. The molecule has 0 aliphatic rings. The molecule has 3 N–H and O–H groups in total. The van der Waals surface area contributed by atoms with Crippen LogP contribution in [-0.2, 0) is 6.54 Å². The molecule has 2 aromatic carbocycles. The molecule has 0 fully saturated rings. The molecule has 2 aromatic rings. The van der Waals surface area contributed by atoms with Crippen molar-refractivity contribution in [3.63, 3.8) is 0 Å². The van der Waals surface area contributed by atoms with Crippen molar-refractivity contribution in [3.8, 4) is 5.75 Å². The van der Waals surface area contributed by atoms with Crippen molar-refractivity contribution in [1.29, 1.82) is 0 Å². The molecule has 108 valence electrons. The van der Waals surface area contributed by atoms with Crippen LogP contribution in [0.25, 0.3) is 0 Å². The molecule has 0 saturated carbocycles. The quantitative estimate of drug-likeness (QED) is 0.443. The van der Waals surface area contributed by atoms with E-state index < -0.39 is 10.9 Å². The fourth-order valence-electron chi connectivity index (χ4n) is 1.78. The van der Waals surface area contributed by atoms with Crippen LogP contribution < -0.4 is 5.32 Å². The van der Waals surface area contributed by atoms with Gasteiger partial charge in [0.25, 0.3) is 5.69 Å². The topological polar surface area (TPSA) is 113 Å². The number of benzene rings is 2. The van der Waals surface area contributed by atoms with Crippen molar-refractivity contribution in [2.45, 2.75) is 6.54 Å². The largest absolute Gasteiger partial charge is 0.508 e. The van der Waals surface area contributed by atoms with Gasteiger partial charge in [0.1, 0.15) is 11.4 Å². The molecule has 0 saturated heterocycles. The van der Waals surface area contributed by atoms with Gasteiger partial charge in [-0.3, -0.25) is 10.1 Å². The molecule has 7 nitrogen and oxygen atoms in total. The minimum absolute atomic E-state index is 0.175. The monoisotopic (exact) mass is 288 g/mol. The Kier molecular flexibility index (Phi) is 4.03. The molecule has 2 rings (SSSR count). The summed E-state index contributed by atoms with van der Waals surface area (Å²) in [5.74, 6) is -1.19. The zero-order valence-electron chi connectivity index (χ0n) is 10.8. The van der Waals surface area contributed by atoms with Crippen LogP contribution in [0.1, 0.15) is 15.9 Å². The smallest absolute Gasteiger partial charge is 0.335 e. The second-order valence-electron chi connectivity index (χ2n) is 4.31. The first-order chi connectivity index (χ1) is 9.97. The summed E-state index contributed by atoms with van der Waals surface area (Å²) in [5.41, 5.74) is 1.01. The molecule has 0 atom stereocenters. The number of nitro benzene ring substituents is 1. The van der Waals surface area contributed by atoms with Crippen LogP contribution in [0.5, 0.6) is 5.75 Å². The van der Waals surface area contributed by atoms with Crippen LogP contribution >= 0.6 is 0 Å². The number of hydrogen-bond donors (Lipinski definition) is 3. The van der Waals surface area contributed by atoms with Gasteiger partial charge in [-0.05, 0) is 29.8 Å². The van der Waals surface area contributed by atoms with Crippen LogP contribution in [0, 0.1) is 10.1 Å². The number of aromatic hydroxyl groups is 1. The second kappa shape index (κ2) is 5.91. The molecule has 0 aliphatic carbocycles. The first-order valence-corrected chi connectivity index (χ1v) is 6.01. The standard InChI is InChI=1S/C14H12N2O5/c17-11-5-6-12(13(7-11)16(20)21)15-8-9-1-3-10(4-2-9)14(18)19/h1-7,15,17H,8H2,(H,18,19). The molecular formula is C14H12N2O5. The highest BCUT2D eigenvalue weighted by molar-refractivity contribution is 5.87. The zero-order chi connectivity index (χ0) is 15.4. The molecule has 7 heteroatoms. The molecule has 0 radical (unpaired) electrons. The van der Waals surface area contributed by atoms with Gasteiger partial charge >= 0.3 is 5.97 Å². The number of nitrogens with zero attached hydrogens (tertiary/aromatic N) is 1. The van der Waals surface area contributed by atoms with Crippen molar-refractivity contribution < 1.29 is 19.9 Å². The summed E-state index contributed by atoms with van der Waals surface area (Å²) >= 11 is 0. The maximum atomic E-state index is 10.9. The van der Waals surface area contributed by atoms with Gasteiger partial charge in [0.05, 0.1) is 16.6 Å². The lowest BCUT2D eigenvalue weighted by molar-refractivity contribution is -0.384. The zero-order valence-corrected chi connectivity index (χ0v) is 10.8. The lowest BCUT2D eigenvalue weighted by Gasteiger charge is -2.08. The Morgan fingerprint density at radius 2 is 1.86 bits per heavy atom. The third-order valence-electron chi connectivity index (χ3n) is 2.86. The fraction of sp³-hybridized carbons (Fsp3) is 0.0714. The number of anilines is 1. The number of carboxylic acids is 1. The third kappa shape index (κ3) is 3.47. The van der Waals surface area contributed by atoms with E-state index in [2.05, 4.69) is 5.32 Å². The van der Waals surface area contributed by atoms with Crippen LogP contribution in [0.4, 0.5) is 11.4 Å². The lowest BCUT2D eigenvalue weighted by Crippen LogP contribution is -2.03. The Morgan fingerprint density at radius 1 is 1.19 bits per heavy atom. The summed E-state index contributed by atoms with van der Waals surface area (Å²) in [7, 11) is 0. The number of phenolic OH excluding ortho intramolecular Hbond substituents is 1. The van der Waals surface area contributed by atoms with Crippen LogP contribution in [0.3, 0.4) is 0 Å². The Morgan fingerprint density at radius 3 is 2.43 bits per heavy atom. The van der Waals surface area contributed by atoms with Gasteiger partial charge in [-0.25, -0.2) is 4.79 Å². The highest BCUT2D eigenvalue weighted by Gasteiger charge is 2.14. The Bertz CT molecular complexity index is 682. The number of nitrogens with one attached hydrogen (secondary N) is 1. The van der Waals surface area contributed by atoms with Crippen LogP contribution in [-0.4, -0.2) is 21.1 Å². The maximum Gasteiger partial charge on any atom is 0.335 e. The molecule has 0 bridgehead atoms. The summed E-state index contributed by atoms with van der Waals surface area (Å²) in [6.07, 6.45) is 0. The van der Waals surface area contributed by atoms with E-state index in [1.807, 2.05) is 0 Å². The van der Waals surface area contributed by atoms with Crippen molar-refractivity contribution in [2.75, 3.05) is 5.32 Å². The van der Waals surface area contributed by atoms with E-state index in [9.17, 15) is 20.0 Å². The highest BCUT2D eigenvalue weighted by atomic mass is 16.6. The average Bonchev–Trinajstić information content (AvgIpc) is 2.46. The van der Waals surface area contributed by atoms with Gasteiger partial charge < -0.3 is 15.5 Å². The van der Waals surface area contributed by atoms with E-state index in [0.717, 1.165) is 11.6 Å². The minimum Gasteiger partial charge on any atom is -0.508 e. The molecule has 21 heavy (non-hydrogen) atoms.